The first-order valence-electron chi connectivity index (χ1n) is 4.62. The standard InChI is InChI=1S/C9H17N/c10-5-4-7-2-1-3-8-6-9(7)8/h7-9H,1-6,10H2. The highest BCUT2D eigenvalue weighted by Gasteiger charge is 2.44. The van der Waals surface area contributed by atoms with Crippen LogP contribution in [0.4, 0.5) is 0 Å². The van der Waals surface area contributed by atoms with E-state index in [0.717, 1.165) is 24.3 Å². The maximum Gasteiger partial charge on any atom is -0.00745 e. The summed E-state index contributed by atoms with van der Waals surface area (Å²) in [7, 11) is 0. The second-order valence-electron chi connectivity index (χ2n) is 3.93. The van der Waals surface area contributed by atoms with Crippen LogP contribution in [-0.4, -0.2) is 6.54 Å². The van der Waals surface area contributed by atoms with Gasteiger partial charge in [0.05, 0.1) is 0 Å². The molecule has 3 unspecified atom stereocenters. The molecular weight excluding hydrogens is 122 g/mol. The van der Waals surface area contributed by atoms with Crippen LogP contribution in [0.2, 0.25) is 0 Å². The van der Waals surface area contributed by atoms with E-state index in [-0.39, 0.29) is 0 Å². The van der Waals surface area contributed by atoms with E-state index in [1.807, 2.05) is 0 Å². The molecule has 0 bridgehead atoms. The number of nitrogens with two attached hydrogens (primary N) is 1. The van der Waals surface area contributed by atoms with Crippen LogP contribution in [0, 0.1) is 17.8 Å². The van der Waals surface area contributed by atoms with Crippen molar-refractivity contribution in [3.05, 3.63) is 0 Å². The summed E-state index contributed by atoms with van der Waals surface area (Å²) in [6, 6.07) is 0. The van der Waals surface area contributed by atoms with Crippen LogP contribution in [0.25, 0.3) is 0 Å². The Morgan fingerprint density at radius 1 is 1.30 bits per heavy atom. The molecule has 2 aliphatic rings. The lowest BCUT2D eigenvalue weighted by Gasteiger charge is -2.19. The lowest BCUT2D eigenvalue weighted by molar-refractivity contribution is 0.321. The second-order valence-corrected chi connectivity index (χ2v) is 3.93. The van der Waals surface area contributed by atoms with Crippen LogP contribution in [-0.2, 0) is 0 Å². The predicted octanol–water partition coefficient (Wildman–Crippen LogP) is 1.77. The molecule has 0 heterocycles. The number of fused-ring (bicyclic) bond motifs is 1. The topological polar surface area (TPSA) is 26.0 Å². The van der Waals surface area contributed by atoms with Crippen LogP contribution in [0.15, 0.2) is 0 Å². The zero-order valence-corrected chi connectivity index (χ0v) is 6.55. The van der Waals surface area contributed by atoms with Crippen molar-refractivity contribution in [3.63, 3.8) is 0 Å². The molecule has 2 aliphatic carbocycles. The van der Waals surface area contributed by atoms with Gasteiger partial charge in [-0.15, -0.1) is 0 Å². The van der Waals surface area contributed by atoms with Crippen molar-refractivity contribution in [2.75, 3.05) is 6.54 Å². The van der Waals surface area contributed by atoms with E-state index in [2.05, 4.69) is 0 Å². The third-order valence-electron chi connectivity index (χ3n) is 3.27. The van der Waals surface area contributed by atoms with Gasteiger partial charge in [0, 0.05) is 0 Å². The van der Waals surface area contributed by atoms with Crippen LogP contribution in [0.5, 0.6) is 0 Å². The molecule has 1 nitrogen and oxygen atoms in total. The molecule has 3 atom stereocenters. The summed E-state index contributed by atoms with van der Waals surface area (Å²) < 4.78 is 0. The van der Waals surface area contributed by atoms with Crippen molar-refractivity contribution in [1.29, 1.82) is 0 Å². The van der Waals surface area contributed by atoms with Crippen molar-refractivity contribution in [2.45, 2.75) is 32.1 Å². The summed E-state index contributed by atoms with van der Waals surface area (Å²) in [5.74, 6) is 3.26. The van der Waals surface area contributed by atoms with Gasteiger partial charge in [-0.05, 0) is 37.1 Å². The molecular formula is C9H17N. The fourth-order valence-corrected chi connectivity index (χ4v) is 2.61. The maximum atomic E-state index is 5.54. The molecule has 0 saturated heterocycles. The van der Waals surface area contributed by atoms with Crippen molar-refractivity contribution in [1.82, 2.24) is 0 Å². The zero-order valence-electron chi connectivity index (χ0n) is 6.55. The minimum Gasteiger partial charge on any atom is -0.330 e. The SMILES string of the molecule is NCCC1CCCC2CC12. The van der Waals surface area contributed by atoms with E-state index in [9.17, 15) is 0 Å². The number of hydrogen-bond donors (Lipinski definition) is 1. The molecule has 2 saturated carbocycles. The lowest BCUT2D eigenvalue weighted by atomic mass is 9.87. The quantitative estimate of drug-likeness (QED) is 0.620. The summed E-state index contributed by atoms with van der Waals surface area (Å²) in [6.45, 7) is 0.911. The maximum absolute atomic E-state index is 5.54. The molecule has 2 N–H and O–H groups in total. The van der Waals surface area contributed by atoms with Gasteiger partial charge in [0.25, 0.3) is 0 Å². The van der Waals surface area contributed by atoms with Gasteiger partial charge in [0.15, 0.2) is 0 Å². The molecule has 0 aromatic rings. The molecule has 0 radical (unpaired) electrons. The first kappa shape index (κ1) is 6.66. The van der Waals surface area contributed by atoms with E-state index in [1.54, 1.807) is 0 Å². The molecule has 2 fully saturated rings. The van der Waals surface area contributed by atoms with Gasteiger partial charge in [-0.1, -0.05) is 19.3 Å². The number of hydrogen-bond acceptors (Lipinski definition) is 1. The summed E-state index contributed by atoms with van der Waals surface area (Å²) in [6.07, 6.45) is 7.29. The monoisotopic (exact) mass is 139 g/mol. The van der Waals surface area contributed by atoms with Gasteiger partial charge in [0.1, 0.15) is 0 Å². The van der Waals surface area contributed by atoms with E-state index in [1.165, 1.54) is 32.1 Å². The van der Waals surface area contributed by atoms with Gasteiger partial charge >= 0.3 is 0 Å². The largest absolute Gasteiger partial charge is 0.330 e. The fourth-order valence-electron chi connectivity index (χ4n) is 2.61. The van der Waals surface area contributed by atoms with Crippen molar-refractivity contribution in [3.8, 4) is 0 Å². The second kappa shape index (κ2) is 2.54. The van der Waals surface area contributed by atoms with Gasteiger partial charge in [0.2, 0.25) is 0 Å². The van der Waals surface area contributed by atoms with E-state index in [0.29, 0.717) is 0 Å². The highest BCUT2D eigenvalue weighted by Crippen LogP contribution is 2.53. The Hall–Kier alpha value is -0.0400. The summed E-state index contributed by atoms with van der Waals surface area (Å²) in [5, 5.41) is 0. The Bertz CT molecular complexity index is 120. The average Bonchev–Trinajstić information content (AvgIpc) is 2.67. The minimum atomic E-state index is 0.911. The molecule has 0 aliphatic heterocycles. The number of rotatable bonds is 2. The molecule has 1 heteroatoms. The lowest BCUT2D eigenvalue weighted by Crippen LogP contribution is -2.14. The third-order valence-corrected chi connectivity index (χ3v) is 3.27. The van der Waals surface area contributed by atoms with Crippen molar-refractivity contribution < 1.29 is 0 Å². The zero-order chi connectivity index (χ0) is 6.97. The predicted molar refractivity (Wildman–Crippen MR) is 42.6 cm³/mol. The molecule has 10 heavy (non-hydrogen) atoms. The third kappa shape index (κ3) is 1.07. The van der Waals surface area contributed by atoms with Crippen LogP contribution in [0.1, 0.15) is 32.1 Å². The van der Waals surface area contributed by atoms with E-state index in [4.69, 9.17) is 5.73 Å². The van der Waals surface area contributed by atoms with Crippen molar-refractivity contribution in [2.24, 2.45) is 23.5 Å². The normalized spacial score (nSPS) is 44.7. The van der Waals surface area contributed by atoms with Gasteiger partial charge in [-0.25, -0.2) is 0 Å². The molecule has 0 aromatic heterocycles. The van der Waals surface area contributed by atoms with Crippen molar-refractivity contribution >= 4 is 0 Å². The first-order valence-corrected chi connectivity index (χ1v) is 4.62. The molecule has 0 spiro atoms. The van der Waals surface area contributed by atoms with Crippen LogP contribution < -0.4 is 5.73 Å². The fraction of sp³-hybridized carbons (Fsp3) is 1.00. The minimum absolute atomic E-state index is 0.911. The Morgan fingerprint density at radius 2 is 2.20 bits per heavy atom. The molecule has 0 amide bonds. The highest BCUT2D eigenvalue weighted by atomic mass is 14.6. The molecule has 58 valence electrons. The van der Waals surface area contributed by atoms with E-state index >= 15 is 0 Å². The van der Waals surface area contributed by atoms with E-state index < -0.39 is 0 Å². The van der Waals surface area contributed by atoms with Crippen LogP contribution >= 0.6 is 0 Å². The highest BCUT2D eigenvalue weighted by molar-refractivity contribution is 4.94. The Labute approximate surface area is 63.0 Å². The van der Waals surface area contributed by atoms with Gasteiger partial charge in [-0.2, -0.15) is 0 Å². The Morgan fingerprint density at radius 3 is 3.00 bits per heavy atom. The van der Waals surface area contributed by atoms with Gasteiger partial charge in [-0.3, -0.25) is 0 Å². The average molecular weight is 139 g/mol. The Balaban J connectivity index is 1.84. The Kier molecular flexibility index (Phi) is 1.69. The summed E-state index contributed by atoms with van der Waals surface area (Å²) in [5.41, 5.74) is 5.54. The van der Waals surface area contributed by atoms with Gasteiger partial charge < -0.3 is 5.73 Å². The summed E-state index contributed by atoms with van der Waals surface area (Å²) >= 11 is 0. The smallest absolute Gasteiger partial charge is 0.00745 e. The van der Waals surface area contributed by atoms with Crippen LogP contribution in [0.3, 0.4) is 0 Å². The molecule has 2 rings (SSSR count). The summed E-state index contributed by atoms with van der Waals surface area (Å²) in [4.78, 5) is 0. The first-order chi connectivity index (χ1) is 4.92. The molecule has 0 aromatic carbocycles.